The number of anilines is 1. The van der Waals surface area contributed by atoms with E-state index in [0.29, 0.717) is 5.02 Å². The topological polar surface area (TPSA) is 51.0 Å². The molecule has 21 heavy (non-hydrogen) atoms. The van der Waals surface area contributed by atoms with Gasteiger partial charge in [-0.2, -0.15) is 5.10 Å². The maximum atomic E-state index is 11.4. The number of rotatable bonds is 3. The second-order valence-corrected chi connectivity index (χ2v) is 5.63. The molecule has 0 spiro atoms. The lowest BCUT2D eigenvalue weighted by Gasteiger charge is -2.33. The van der Waals surface area contributed by atoms with Crippen LogP contribution >= 0.6 is 11.6 Å². The van der Waals surface area contributed by atoms with Gasteiger partial charge in [0.2, 0.25) is 0 Å². The molecule has 0 atom stereocenters. The molecular weight excluding hydrogens is 288 g/mol. The molecule has 0 saturated carbocycles. The summed E-state index contributed by atoms with van der Waals surface area (Å²) in [5.74, 6) is 0.125. The molecule has 0 bridgehead atoms. The molecule has 1 fully saturated rings. The minimum absolute atomic E-state index is 0.0416. The van der Waals surface area contributed by atoms with Crippen molar-refractivity contribution >= 4 is 23.1 Å². The van der Waals surface area contributed by atoms with Crippen molar-refractivity contribution in [3.63, 3.8) is 0 Å². The van der Waals surface area contributed by atoms with Gasteiger partial charge in [-0.3, -0.25) is 9.78 Å². The van der Waals surface area contributed by atoms with Gasteiger partial charge in [0.05, 0.1) is 28.8 Å². The number of piperidine rings is 1. The van der Waals surface area contributed by atoms with E-state index in [9.17, 15) is 4.79 Å². The van der Waals surface area contributed by atoms with Crippen molar-refractivity contribution in [3.05, 3.63) is 42.8 Å². The zero-order valence-electron chi connectivity index (χ0n) is 11.6. The van der Waals surface area contributed by atoms with E-state index >= 15 is 0 Å². The van der Waals surface area contributed by atoms with E-state index in [1.807, 2.05) is 12.3 Å². The van der Waals surface area contributed by atoms with Crippen molar-refractivity contribution in [2.45, 2.75) is 12.8 Å². The van der Waals surface area contributed by atoms with Gasteiger partial charge >= 0.3 is 0 Å². The largest absolute Gasteiger partial charge is 0.368 e. The van der Waals surface area contributed by atoms with Crippen LogP contribution in [0.5, 0.6) is 0 Å². The van der Waals surface area contributed by atoms with Crippen LogP contribution in [0, 0.1) is 12.8 Å². The molecule has 1 saturated heterocycles. The van der Waals surface area contributed by atoms with Crippen molar-refractivity contribution in [1.29, 1.82) is 0 Å². The predicted octanol–water partition coefficient (Wildman–Crippen LogP) is 2.54. The Morgan fingerprint density at radius 1 is 1.29 bits per heavy atom. The molecule has 3 heterocycles. The number of pyridine rings is 1. The number of nitrogens with zero attached hydrogens (tertiary/aromatic N) is 4. The molecule has 0 amide bonds. The second kappa shape index (κ2) is 5.85. The summed E-state index contributed by atoms with van der Waals surface area (Å²) in [7, 11) is 0. The van der Waals surface area contributed by atoms with Crippen LogP contribution in [0.15, 0.2) is 30.9 Å². The quantitative estimate of drug-likeness (QED) is 0.874. The third kappa shape index (κ3) is 2.93. The smallest absolute Gasteiger partial charge is 0.136 e. The Morgan fingerprint density at radius 3 is 2.67 bits per heavy atom. The molecule has 0 N–H and O–H groups in total. The Balaban J connectivity index is 1.85. The average molecular weight is 304 g/mol. The highest BCUT2D eigenvalue weighted by Crippen LogP contribution is 2.28. The summed E-state index contributed by atoms with van der Waals surface area (Å²) in [6, 6.07) is 1.91. The number of ketones is 1. The fraction of sp³-hybridized carbons (Fsp3) is 0.333. The molecule has 0 aliphatic carbocycles. The molecular formula is C15H16ClN4O. The van der Waals surface area contributed by atoms with Crippen LogP contribution in [-0.4, -0.2) is 33.6 Å². The van der Waals surface area contributed by atoms with Crippen LogP contribution in [-0.2, 0) is 4.79 Å². The standard InChI is InChI=1S/C15H16ClN4O/c1-11(21)12-3-6-19(7-4-12)15-9-17-5-2-14(15)20-10-13(16)8-18-20/h2,5,8-10,12H,1,3-4,6-7H2. The van der Waals surface area contributed by atoms with Gasteiger partial charge in [0.25, 0.3) is 0 Å². The highest BCUT2D eigenvalue weighted by Gasteiger charge is 2.24. The minimum atomic E-state index is 0.0416. The molecule has 1 aliphatic rings. The molecule has 0 unspecified atom stereocenters. The molecule has 0 aromatic carbocycles. The van der Waals surface area contributed by atoms with E-state index in [-0.39, 0.29) is 11.7 Å². The molecule has 6 heteroatoms. The maximum Gasteiger partial charge on any atom is 0.136 e. The van der Waals surface area contributed by atoms with Crippen molar-refractivity contribution in [2.75, 3.05) is 18.0 Å². The van der Waals surface area contributed by atoms with Gasteiger partial charge in [-0.1, -0.05) is 11.6 Å². The fourth-order valence-corrected chi connectivity index (χ4v) is 2.83. The fourth-order valence-electron chi connectivity index (χ4n) is 2.69. The van der Waals surface area contributed by atoms with E-state index in [0.717, 1.165) is 37.3 Å². The van der Waals surface area contributed by atoms with Crippen molar-refractivity contribution in [1.82, 2.24) is 14.8 Å². The normalized spacial score (nSPS) is 16.2. The maximum absolute atomic E-state index is 11.4. The summed E-state index contributed by atoms with van der Waals surface area (Å²) in [4.78, 5) is 17.8. The van der Waals surface area contributed by atoms with Crippen LogP contribution in [0.1, 0.15) is 12.8 Å². The molecule has 1 radical (unpaired) electrons. The highest BCUT2D eigenvalue weighted by molar-refractivity contribution is 6.30. The molecule has 3 rings (SSSR count). The van der Waals surface area contributed by atoms with Crippen LogP contribution in [0.2, 0.25) is 5.02 Å². The average Bonchev–Trinajstić information content (AvgIpc) is 2.94. The first-order valence-corrected chi connectivity index (χ1v) is 7.28. The van der Waals surface area contributed by atoms with Gasteiger partial charge < -0.3 is 4.90 Å². The van der Waals surface area contributed by atoms with E-state index in [2.05, 4.69) is 21.9 Å². The summed E-state index contributed by atoms with van der Waals surface area (Å²) in [5.41, 5.74) is 1.95. The van der Waals surface area contributed by atoms with E-state index < -0.39 is 0 Å². The third-order valence-corrected chi connectivity index (χ3v) is 4.06. The SMILES string of the molecule is [CH2]C(=O)C1CCN(c2cnccc2-n2cc(Cl)cn2)CC1. The Kier molecular flexibility index (Phi) is 3.92. The van der Waals surface area contributed by atoms with E-state index in [1.54, 1.807) is 23.3 Å². The number of hydrogen-bond acceptors (Lipinski definition) is 4. The lowest BCUT2D eigenvalue weighted by molar-refractivity contribution is -0.119. The van der Waals surface area contributed by atoms with Gasteiger partial charge in [0, 0.05) is 38.3 Å². The summed E-state index contributed by atoms with van der Waals surface area (Å²) < 4.78 is 1.75. The Hall–Kier alpha value is -1.88. The van der Waals surface area contributed by atoms with E-state index in [4.69, 9.17) is 11.6 Å². The third-order valence-electron chi connectivity index (χ3n) is 3.87. The molecule has 109 valence electrons. The lowest BCUT2D eigenvalue weighted by Crippen LogP contribution is -2.36. The molecule has 5 nitrogen and oxygen atoms in total. The monoisotopic (exact) mass is 303 g/mol. The highest BCUT2D eigenvalue weighted by atomic mass is 35.5. The Bertz CT molecular complexity index is 647. The molecule has 2 aromatic rings. The molecule has 1 aliphatic heterocycles. The summed E-state index contributed by atoms with van der Waals surface area (Å²) in [5, 5.41) is 4.85. The summed E-state index contributed by atoms with van der Waals surface area (Å²) in [6.45, 7) is 5.17. The Morgan fingerprint density at radius 2 is 2.05 bits per heavy atom. The zero-order valence-corrected chi connectivity index (χ0v) is 12.3. The number of carbonyl (C=O) groups excluding carboxylic acids is 1. The lowest BCUT2D eigenvalue weighted by atomic mass is 9.93. The number of halogens is 1. The van der Waals surface area contributed by atoms with Crippen LogP contribution in [0.3, 0.4) is 0 Å². The van der Waals surface area contributed by atoms with Crippen molar-refractivity contribution in [2.24, 2.45) is 5.92 Å². The first-order valence-electron chi connectivity index (χ1n) is 6.90. The second-order valence-electron chi connectivity index (χ2n) is 5.20. The minimum Gasteiger partial charge on any atom is -0.368 e. The van der Waals surface area contributed by atoms with Crippen molar-refractivity contribution in [3.8, 4) is 5.69 Å². The van der Waals surface area contributed by atoms with Gasteiger partial charge in [0.1, 0.15) is 5.78 Å². The number of carbonyl (C=O) groups is 1. The van der Waals surface area contributed by atoms with Gasteiger partial charge in [-0.05, 0) is 18.9 Å². The molecule has 2 aromatic heterocycles. The number of hydrogen-bond donors (Lipinski definition) is 0. The van der Waals surface area contributed by atoms with Gasteiger partial charge in [0.15, 0.2) is 0 Å². The van der Waals surface area contributed by atoms with Gasteiger partial charge in [-0.25, -0.2) is 4.68 Å². The van der Waals surface area contributed by atoms with E-state index in [1.165, 1.54) is 0 Å². The summed E-state index contributed by atoms with van der Waals surface area (Å²) in [6.07, 6.45) is 8.61. The van der Waals surface area contributed by atoms with Crippen LogP contribution in [0.25, 0.3) is 5.69 Å². The van der Waals surface area contributed by atoms with Crippen molar-refractivity contribution < 1.29 is 4.79 Å². The van der Waals surface area contributed by atoms with Crippen LogP contribution < -0.4 is 4.90 Å². The number of Topliss-reactive ketones (excluding diaryl/α,β-unsaturated/α-hetero) is 1. The van der Waals surface area contributed by atoms with Gasteiger partial charge in [-0.15, -0.1) is 0 Å². The predicted molar refractivity (Wildman–Crippen MR) is 81.7 cm³/mol. The first-order chi connectivity index (χ1) is 10.1. The first kappa shape index (κ1) is 14.1. The Labute approximate surface area is 128 Å². The summed E-state index contributed by atoms with van der Waals surface area (Å²) >= 11 is 5.95. The zero-order chi connectivity index (χ0) is 14.8. The van der Waals surface area contributed by atoms with Crippen LogP contribution in [0.4, 0.5) is 5.69 Å². The number of aromatic nitrogens is 3.